The Kier molecular flexibility index (Phi) is 2.98. The summed E-state index contributed by atoms with van der Waals surface area (Å²) in [5.41, 5.74) is 5.78. The first kappa shape index (κ1) is 10.1. The Hall–Kier alpha value is -0.960. The van der Waals surface area contributed by atoms with Crippen LogP contribution in [0.4, 0.5) is 8.78 Å². The number of hydrogen-bond acceptors (Lipinski definition) is 1. The second kappa shape index (κ2) is 3.83. The van der Waals surface area contributed by atoms with Crippen LogP contribution in [-0.4, -0.2) is 12.0 Å². The van der Waals surface area contributed by atoms with E-state index in [0.29, 0.717) is 5.56 Å². The van der Waals surface area contributed by atoms with Gasteiger partial charge in [-0.15, -0.1) is 0 Å². The van der Waals surface area contributed by atoms with Gasteiger partial charge in [0.05, 0.1) is 6.04 Å². The van der Waals surface area contributed by atoms with Gasteiger partial charge in [0.15, 0.2) is 0 Å². The minimum atomic E-state index is -2.82. The van der Waals surface area contributed by atoms with E-state index in [2.05, 4.69) is 0 Å². The summed E-state index contributed by atoms with van der Waals surface area (Å²) in [6.45, 7) is 1.32. The van der Waals surface area contributed by atoms with Crippen molar-refractivity contribution < 1.29 is 8.78 Å². The van der Waals surface area contributed by atoms with Crippen LogP contribution in [0.15, 0.2) is 30.3 Å². The summed E-state index contributed by atoms with van der Waals surface area (Å²) >= 11 is 0. The highest BCUT2D eigenvalue weighted by Crippen LogP contribution is 2.22. The quantitative estimate of drug-likeness (QED) is 0.767. The minimum Gasteiger partial charge on any atom is -0.323 e. The fraction of sp³-hybridized carbons (Fsp3) is 0.400. The first-order valence-electron chi connectivity index (χ1n) is 4.20. The maximum Gasteiger partial charge on any atom is 0.266 e. The number of nitrogens with two attached hydrogens (primary N) is 1. The predicted octanol–water partition coefficient (Wildman–Crippen LogP) is 2.21. The van der Waals surface area contributed by atoms with Crippen LogP contribution < -0.4 is 5.73 Å². The van der Waals surface area contributed by atoms with Crippen LogP contribution in [0.1, 0.15) is 12.5 Å². The Labute approximate surface area is 76.6 Å². The molecule has 0 radical (unpaired) electrons. The van der Waals surface area contributed by atoms with Gasteiger partial charge in [0, 0.05) is 6.42 Å². The van der Waals surface area contributed by atoms with Gasteiger partial charge in [0.2, 0.25) is 0 Å². The molecule has 1 rings (SSSR count). The summed E-state index contributed by atoms with van der Waals surface area (Å²) in [5, 5.41) is 0. The van der Waals surface area contributed by atoms with Gasteiger partial charge in [-0.2, -0.15) is 0 Å². The smallest absolute Gasteiger partial charge is 0.266 e. The molecule has 0 bridgehead atoms. The molecule has 0 fully saturated rings. The second-order valence-corrected chi connectivity index (χ2v) is 3.21. The van der Waals surface area contributed by atoms with Crippen molar-refractivity contribution in [2.75, 3.05) is 0 Å². The number of benzene rings is 1. The molecule has 0 saturated carbocycles. The lowest BCUT2D eigenvalue weighted by Gasteiger charge is -2.19. The molecule has 0 aliphatic rings. The van der Waals surface area contributed by atoms with Crippen LogP contribution in [-0.2, 0) is 6.42 Å². The van der Waals surface area contributed by atoms with Gasteiger partial charge in [-0.1, -0.05) is 30.3 Å². The molecule has 72 valence electrons. The molecule has 1 aromatic carbocycles. The topological polar surface area (TPSA) is 26.0 Å². The summed E-state index contributed by atoms with van der Waals surface area (Å²) in [5.74, 6) is -2.82. The van der Waals surface area contributed by atoms with Crippen molar-refractivity contribution in [2.45, 2.75) is 25.3 Å². The second-order valence-electron chi connectivity index (χ2n) is 3.21. The van der Waals surface area contributed by atoms with E-state index in [1.165, 1.54) is 6.92 Å². The van der Waals surface area contributed by atoms with Crippen LogP contribution in [0.5, 0.6) is 0 Å². The minimum absolute atomic E-state index is 0.286. The van der Waals surface area contributed by atoms with Crippen LogP contribution in [0, 0.1) is 0 Å². The standard InChI is InChI=1S/C10H13F2N/c1-8(13)10(11,12)7-9-5-3-2-4-6-9/h2-6,8H,7,13H2,1H3/t8-/m1/s1. The lowest BCUT2D eigenvalue weighted by atomic mass is 10.0. The first-order valence-corrected chi connectivity index (χ1v) is 4.20. The van der Waals surface area contributed by atoms with Gasteiger partial charge in [-0.25, -0.2) is 8.78 Å². The molecule has 0 aliphatic carbocycles. The van der Waals surface area contributed by atoms with E-state index in [-0.39, 0.29) is 6.42 Å². The maximum atomic E-state index is 13.1. The van der Waals surface area contributed by atoms with E-state index < -0.39 is 12.0 Å². The summed E-state index contributed by atoms with van der Waals surface area (Å²) in [4.78, 5) is 0. The Morgan fingerprint density at radius 2 is 1.85 bits per heavy atom. The van der Waals surface area contributed by atoms with Crippen LogP contribution in [0.2, 0.25) is 0 Å². The molecule has 1 aromatic rings. The average molecular weight is 185 g/mol. The molecule has 0 aromatic heterocycles. The zero-order valence-electron chi connectivity index (χ0n) is 7.50. The number of halogens is 2. The largest absolute Gasteiger partial charge is 0.323 e. The molecule has 2 N–H and O–H groups in total. The first-order chi connectivity index (χ1) is 6.02. The lowest BCUT2D eigenvalue weighted by molar-refractivity contribution is -0.0190. The van der Waals surface area contributed by atoms with Crippen molar-refractivity contribution in [1.82, 2.24) is 0 Å². The van der Waals surface area contributed by atoms with Crippen molar-refractivity contribution in [3.8, 4) is 0 Å². The zero-order valence-corrected chi connectivity index (χ0v) is 7.50. The fourth-order valence-electron chi connectivity index (χ4n) is 1.03. The van der Waals surface area contributed by atoms with E-state index in [1.807, 2.05) is 0 Å². The molecule has 0 saturated heterocycles. The molecule has 0 heterocycles. The van der Waals surface area contributed by atoms with Crippen molar-refractivity contribution in [1.29, 1.82) is 0 Å². The predicted molar refractivity (Wildman–Crippen MR) is 48.7 cm³/mol. The summed E-state index contributed by atoms with van der Waals surface area (Å²) in [6, 6.07) is 7.53. The Morgan fingerprint density at radius 3 is 2.31 bits per heavy atom. The van der Waals surface area contributed by atoms with E-state index in [9.17, 15) is 8.78 Å². The summed E-state index contributed by atoms with van der Waals surface area (Å²) < 4.78 is 26.2. The van der Waals surface area contributed by atoms with E-state index >= 15 is 0 Å². The number of hydrogen-bond donors (Lipinski definition) is 1. The Morgan fingerprint density at radius 1 is 1.31 bits per heavy atom. The molecule has 3 heteroatoms. The molecule has 1 nitrogen and oxygen atoms in total. The van der Waals surface area contributed by atoms with Gasteiger partial charge in [0.1, 0.15) is 0 Å². The maximum absolute atomic E-state index is 13.1. The molecule has 13 heavy (non-hydrogen) atoms. The SMILES string of the molecule is C[C@@H](N)C(F)(F)Cc1ccccc1. The Bertz CT molecular complexity index is 257. The molecule has 0 unspecified atom stereocenters. The summed E-state index contributed by atoms with van der Waals surface area (Å²) in [7, 11) is 0. The molecule has 0 spiro atoms. The van der Waals surface area contributed by atoms with Crippen LogP contribution in [0.3, 0.4) is 0 Å². The molecule has 0 amide bonds. The number of rotatable bonds is 3. The number of alkyl halides is 2. The third kappa shape index (κ3) is 2.77. The van der Waals surface area contributed by atoms with E-state index in [1.54, 1.807) is 30.3 Å². The van der Waals surface area contributed by atoms with Crippen molar-refractivity contribution in [2.24, 2.45) is 5.73 Å². The lowest BCUT2D eigenvalue weighted by Crippen LogP contribution is -2.39. The highest BCUT2D eigenvalue weighted by atomic mass is 19.3. The van der Waals surface area contributed by atoms with Gasteiger partial charge >= 0.3 is 0 Å². The van der Waals surface area contributed by atoms with Gasteiger partial charge < -0.3 is 5.73 Å². The third-order valence-electron chi connectivity index (χ3n) is 1.95. The fourth-order valence-corrected chi connectivity index (χ4v) is 1.03. The third-order valence-corrected chi connectivity index (χ3v) is 1.95. The van der Waals surface area contributed by atoms with E-state index in [0.717, 1.165) is 0 Å². The van der Waals surface area contributed by atoms with Crippen LogP contribution in [0.25, 0.3) is 0 Å². The van der Waals surface area contributed by atoms with E-state index in [4.69, 9.17) is 5.73 Å². The van der Waals surface area contributed by atoms with Gasteiger partial charge in [-0.05, 0) is 12.5 Å². The van der Waals surface area contributed by atoms with Crippen molar-refractivity contribution in [3.63, 3.8) is 0 Å². The van der Waals surface area contributed by atoms with Crippen molar-refractivity contribution in [3.05, 3.63) is 35.9 Å². The summed E-state index contributed by atoms with van der Waals surface area (Å²) in [6.07, 6.45) is -0.286. The average Bonchev–Trinajstić information content (AvgIpc) is 2.05. The highest BCUT2D eigenvalue weighted by Gasteiger charge is 2.33. The monoisotopic (exact) mass is 185 g/mol. The normalized spacial score (nSPS) is 14.2. The molecular weight excluding hydrogens is 172 g/mol. The Balaban J connectivity index is 2.69. The molecule has 0 aliphatic heterocycles. The zero-order chi connectivity index (χ0) is 9.90. The molecule has 1 atom stereocenters. The van der Waals surface area contributed by atoms with Crippen molar-refractivity contribution >= 4 is 0 Å². The van der Waals surface area contributed by atoms with Gasteiger partial charge in [-0.3, -0.25) is 0 Å². The van der Waals surface area contributed by atoms with Crippen LogP contribution >= 0.6 is 0 Å². The highest BCUT2D eigenvalue weighted by molar-refractivity contribution is 5.16. The molecular formula is C10H13F2N. The van der Waals surface area contributed by atoms with Gasteiger partial charge in [0.25, 0.3) is 5.92 Å².